The summed E-state index contributed by atoms with van der Waals surface area (Å²) < 4.78 is 5.86. The van der Waals surface area contributed by atoms with E-state index in [1.54, 1.807) is 0 Å². The third kappa shape index (κ3) is 9.90. The van der Waals surface area contributed by atoms with E-state index < -0.39 is 0 Å². The van der Waals surface area contributed by atoms with Crippen molar-refractivity contribution >= 4 is 0 Å². The molecule has 0 aromatic rings. The van der Waals surface area contributed by atoms with Gasteiger partial charge in [-0.25, -0.2) is 0 Å². The van der Waals surface area contributed by atoms with Crippen molar-refractivity contribution in [2.45, 2.75) is 79.9 Å². The lowest BCUT2D eigenvalue weighted by Crippen LogP contribution is -2.42. The summed E-state index contributed by atoms with van der Waals surface area (Å²) in [6.07, 6.45) is 1.11. The van der Waals surface area contributed by atoms with Gasteiger partial charge in [-0.15, -0.1) is 0 Å². The minimum Gasteiger partial charge on any atom is -0.376 e. The van der Waals surface area contributed by atoms with Gasteiger partial charge >= 0.3 is 0 Å². The Morgan fingerprint density at radius 1 is 0.889 bits per heavy atom. The Morgan fingerprint density at radius 2 is 1.39 bits per heavy atom. The number of hydrogen-bond donors (Lipinski definition) is 1. The monoisotopic (exact) mass is 257 g/mol. The predicted molar refractivity (Wildman–Crippen MR) is 81.0 cm³/mol. The molecule has 110 valence electrons. The quantitative estimate of drug-likeness (QED) is 0.795. The molecule has 0 aromatic heterocycles. The zero-order valence-corrected chi connectivity index (χ0v) is 14.1. The fourth-order valence-corrected chi connectivity index (χ4v) is 1.78. The van der Waals surface area contributed by atoms with Crippen LogP contribution < -0.4 is 5.32 Å². The van der Waals surface area contributed by atoms with Crippen LogP contribution in [0.1, 0.15) is 68.7 Å². The molecular formula is C16H35NO. The highest BCUT2D eigenvalue weighted by Gasteiger charge is 2.26. The smallest absolute Gasteiger partial charge is 0.0598 e. The van der Waals surface area contributed by atoms with Gasteiger partial charge < -0.3 is 10.1 Å². The Kier molecular flexibility index (Phi) is 6.35. The summed E-state index contributed by atoms with van der Waals surface area (Å²) in [4.78, 5) is 0. The van der Waals surface area contributed by atoms with Crippen LogP contribution in [-0.4, -0.2) is 24.3 Å². The third-order valence-corrected chi connectivity index (χ3v) is 3.10. The van der Waals surface area contributed by atoms with Crippen molar-refractivity contribution in [3.05, 3.63) is 0 Å². The molecular weight excluding hydrogens is 222 g/mol. The van der Waals surface area contributed by atoms with Gasteiger partial charge in [0.05, 0.1) is 5.60 Å². The van der Waals surface area contributed by atoms with Crippen LogP contribution in [-0.2, 0) is 4.74 Å². The first-order valence-corrected chi connectivity index (χ1v) is 7.20. The highest BCUT2D eigenvalue weighted by Crippen LogP contribution is 2.29. The van der Waals surface area contributed by atoms with Gasteiger partial charge in [-0.05, 0) is 65.8 Å². The average Bonchev–Trinajstić information content (AvgIpc) is 2.04. The summed E-state index contributed by atoms with van der Waals surface area (Å²) in [6, 6.07) is 0. The van der Waals surface area contributed by atoms with Crippen LogP contribution in [0.2, 0.25) is 0 Å². The summed E-state index contributed by atoms with van der Waals surface area (Å²) in [6.45, 7) is 21.9. The Labute approximate surface area is 115 Å². The average molecular weight is 257 g/mol. The van der Waals surface area contributed by atoms with Crippen molar-refractivity contribution < 1.29 is 4.74 Å². The van der Waals surface area contributed by atoms with Crippen LogP contribution in [0.25, 0.3) is 0 Å². The van der Waals surface area contributed by atoms with Crippen LogP contribution in [0.3, 0.4) is 0 Å². The van der Waals surface area contributed by atoms with Crippen molar-refractivity contribution in [3.63, 3.8) is 0 Å². The lowest BCUT2D eigenvalue weighted by atomic mass is 9.78. The van der Waals surface area contributed by atoms with E-state index in [9.17, 15) is 0 Å². The Morgan fingerprint density at radius 3 is 1.72 bits per heavy atom. The van der Waals surface area contributed by atoms with Gasteiger partial charge in [0.2, 0.25) is 0 Å². The molecule has 0 saturated carbocycles. The van der Waals surface area contributed by atoms with Gasteiger partial charge in [0.15, 0.2) is 0 Å². The number of nitrogens with one attached hydrogen (secondary N) is 1. The summed E-state index contributed by atoms with van der Waals surface area (Å²) in [7, 11) is 0. The molecule has 1 atom stereocenters. The summed E-state index contributed by atoms with van der Waals surface area (Å²) >= 11 is 0. The topological polar surface area (TPSA) is 21.3 Å². The zero-order valence-electron chi connectivity index (χ0n) is 14.1. The Hall–Kier alpha value is -0.0800. The number of ether oxygens (including phenoxy) is 1. The van der Waals surface area contributed by atoms with E-state index >= 15 is 0 Å². The second-order valence-corrected chi connectivity index (χ2v) is 8.44. The SMILES string of the molecule is CC(C)(C)NCC(CCOC(C)(C)C)C(C)(C)C. The fraction of sp³-hybridized carbons (Fsp3) is 1.00. The second kappa shape index (κ2) is 6.38. The molecule has 0 aromatic carbocycles. The van der Waals surface area contributed by atoms with Crippen molar-refractivity contribution in [3.8, 4) is 0 Å². The van der Waals surface area contributed by atoms with E-state index in [4.69, 9.17) is 4.74 Å². The maximum Gasteiger partial charge on any atom is 0.0598 e. The molecule has 0 spiro atoms. The zero-order chi connectivity index (χ0) is 14.6. The highest BCUT2D eigenvalue weighted by molar-refractivity contribution is 4.80. The van der Waals surface area contributed by atoms with E-state index in [0.29, 0.717) is 11.3 Å². The molecule has 0 radical (unpaired) electrons. The molecule has 0 saturated heterocycles. The van der Waals surface area contributed by atoms with Gasteiger partial charge in [0.1, 0.15) is 0 Å². The molecule has 0 aliphatic carbocycles. The molecule has 18 heavy (non-hydrogen) atoms. The first kappa shape index (κ1) is 17.9. The predicted octanol–water partition coefficient (Wildman–Crippen LogP) is 4.24. The van der Waals surface area contributed by atoms with Gasteiger partial charge in [0, 0.05) is 12.1 Å². The third-order valence-electron chi connectivity index (χ3n) is 3.10. The lowest BCUT2D eigenvalue weighted by Gasteiger charge is -2.34. The standard InChI is InChI=1S/C16H35NO/c1-14(2,3)13(12-17-15(4,5)6)10-11-18-16(7,8)9/h13,17H,10-12H2,1-9H3. The molecule has 1 N–H and O–H groups in total. The molecule has 0 aliphatic heterocycles. The maximum atomic E-state index is 5.86. The fourth-order valence-electron chi connectivity index (χ4n) is 1.78. The molecule has 0 amide bonds. The van der Waals surface area contributed by atoms with Crippen LogP contribution in [0, 0.1) is 11.3 Å². The minimum absolute atomic E-state index is 0.0279. The van der Waals surface area contributed by atoms with Crippen LogP contribution >= 0.6 is 0 Å². The van der Waals surface area contributed by atoms with Crippen LogP contribution in [0.5, 0.6) is 0 Å². The summed E-state index contributed by atoms with van der Waals surface area (Å²) in [5, 5.41) is 3.62. The van der Waals surface area contributed by atoms with Gasteiger partial charge in [0.25, 0.3) is 0 Å². The van der Waals surface area contributed by atoms with E-state index in [-0.39, 0.29) is 11.1 Å². The van der Waals surface area contributed by atoms with E-state index in [2.05, 4.69) is 67.6 Å². The van der Waals surface area contributed by atoms with Crippen molar-refractivity contribution in [1.82, 2.24) is 5.32 Å². The van der Waals surface area contributed by atoms with Gasteiger partial charge in [-0.1, -0.05) is 20.8 Å². The molecule has 1 unspecified atom stereocenters. The van der Waals surface area contributed by atoms with E-state index in [1.165, 1.54) is 0 Å². The largest absolute Gasteiger partial charge is 0.376 e. The Bertz CT molecular complexity index is 227. The van der Waals surface area contributed by atoms with Gasteiger partial charge in [-0.2, -0.15) is 0 Å². The first-order chi connectivity index (χ1) is 7.81. The van der Waals surface area contributed by atoms with Crippen LogP contribution in [0.15, 0.2) is 0 Å². The molecule has 0 rings (SSSR count). The molecule has 2 heteroatoms. The number of hydrogen-bond acceptors (Lipinski definition) is 2. The lowest BCUT2D eigenvalue weighted by molar-refractivity contribution is -0.0159. The second-order valence-electron chi connectivity index (χ2n) is 8.44. The summed E-state index contributed by atoms with van der Waals surface area (Å²) in [5.41, 5.74) is 0.480. The molecule has 0 heterocycles. The van der Waals surface area contributed by atoms with E-state index in [0.717, 1.165) is 19.6 Å². The maximum absolute atomic E-state index is 5.86. The van der Waals surface area contributed by atoms with Crippen molar-refractivity contribution in [2.24, 2.45) is 11.3 Å². The summed E-state index contributed by atoms with van der Waals surface area (Å²) in [5.74, 6) is 0.638. The minimum atomic E-state index is -0.0279. The highest BCUT2D eigenvalue weighted by atomic mass is 16.5. The number of rotatable bonds is 5. The normalized spacial score (nSPS) is 15.8. The molecule has 2 nitrogen and oxygen atoms in total. The molecule has 0 fully saturated rings. The van der Waals surface area contributed by atoms with E-state index in [1.807, 2.05) is 0 Å². The molecule has 0 aliphatic rings. The Balaban J connectivity index is 4.26. The first-order valence-electron chi connectivity index (χ1n) is 7.20. The van der Waals surface area contributed by atoms with Crippen LogP contribution in [0.4, 0.5) is 0 Å². The van der Waals surface area contributed by atoms with Crippen molar-refractivity contribution in [2.75, 3.05) is 13.2 Å². The van der Waals surface area contributed by atoms with Crippen molar-refractivity contribution in [1.29, 1.82) is 0 Å². The molecule has 0 bridgehead atoms. The van der Waals surface area contributed by atoms with Gasteiger partial charge in [-0.3, -0.25) is 0 Å².